The van der Waals surface area contributed by atoms with Gasteiger partial charge in [-0.2, -0.15) is 0 Å². The zero-order valence-corrected chi connectivity index (χ0v) is 13.5. The van der Waals surface area contributed by atoms with Crippen molar-refractivity contribution in [2.24, 2.45) is 4.99 Å². The number of Topliss-reactive ketones (excluding diaryl/α,β-unsaturated/α-hetero) is 2. The summed E-state index contributed by atoms with van der Waals surface area (Å²) in [5.74, 6) is -1.82. The number of aliphatic imine (C=N–C) groups is 1. The van der Waals surface area contributed by atoms with Crippen molar-refractivity contribution in [3.05, 3.63) is 53.6 Å². The molecule has 0 amide bonds. The van der Waals surface area contributed by atoms with Gasteiger partial charge in [0.15, 0.2) is 5.90 Å². The lowest BCUT2D eigenvalue weighted by Crippen LogP contribution is -2.21. The highest BCUT2D eigenvalue weighted by Crippen LogP contribution is 2.35. The Morgan fingerprint density at radius 1 is 0.960 bits per heavy atom. The van der Waals surface area contributed by atoms with Crippen molar-refractivity contribution >= 4 is 29.1 Å². The molecule has 0 spiro atoms. The molecule has 2 aromatic carbocycles. The average molecular weight is 337 g/mol. The molecule has 1 aliphatic carbocycles. The predicted octanol–water partition coefficient (Wildman–Crippen LogP) is 3.27. The molecule has 0 fully saturated rings. The van der Waals surface area contributed by atoms with Crippen LogP contribution in [0.4, 0.5) is 5.69 Å². The van der Waals surface area contributed by atoms with Gasteiger partial charge in [-0.15, -0.1) is 0 Å². The first-order valence-corrected chi connectivity index (χ1v) is 7.67. The van der Waals surface area contributed by atoms with E-state index in [0.29, 0.717) is 22.4 Å². The Hall–Kier alpha value is -3.28. The van der Waals surface area contributed by atoms with E-state index >= 15 is 0 Å². The minimum Gasteiger partial charge on any atom is -0.484 e. The Bertz CT molecular complexity index is 914. The molecule has 1 aliphatic rings. The molecule has 2 aromatic rings. The van der Waals surface area contributed by atoms with Gasteiger partial charge in [-0.25, -0.2) is 4.99 Å². The fourth-order valence-electron chi connectivity index (χ4n) is 2.75. The van der Waals surface area contributed by atoms with E-state index in [-0.39, 0.29) is 18.7 Å². The van der Waals surface area contributed by atoms with Crippen molar-refractivity contribution in [3.8, 4) is 11.1 Å². The van der Waals surface area contributed by atoms with Crippen molar-refractivity contribution in [2.45, 2.75) is 12.8 Å². The van der Waals surface area contributed by atoms with E-state index < -0.39 is 17.5 Å². The van der Waals surface area contributed by atoms with E-state index in [4.69, 9.17) is 9.84 Å². The third-order valence-electron chi connectivity index (χ3n) is 3.96. The van der Waals surface area contributed by atoms with Crippen LogP contribution >= 0.6 is 0 Å². The number of ether oxygens (including phenoxy) is 1. The van der Waals surface area contributed by atoms with Crippen LogP contribution in [0.1, 0.15) is 33.6 Å². The largest absolute Gasteiger partial charge is 0.484 e. The highest BCUT2D eigenvalue weighted by Gasteiger charge is 2.30. The Balaban J connectivity index is 2.02. The van der Waals surface area contributed by atoms with E-state index in [0.717, 1.165) is 5.56 Å². The first-order valence-electron chi connectivity index (χ1n) is 7.67. The van der Waals surface area contributed by atoms with Gasteiger partial charge in [0.25, 0.3) is 0 Å². The van der Waals surface area contributed by atoms with Crippen molar-refractivity contribution in [3.63, 3.8) is 0 Å². The van der Waals surface area contributed by atoms with Crippen LogP contribution < -0.4 is 0 Å². The van der Waals surface area contributed by atoms with Gasteiger partial charge < -0.3 is 9.84 Å². The third-order valence-corrected chi connectivity index (χ3v) is 3.96. The summed E-state index contributed by atoms with van der Waals surface area (Å²) in [5, 5.41) is 8.75. The Kier molecular flexibility index (Phi) is 4.43. The van der Waals surface area contributed by atoms with Crippen LogP contribution in [0.15, 0.2) is 47.5 Å². The standard InChI is InChI=1S/C19H15NO5/c1-25-16(8-9-17(21)22)20-11-6-7-13-12-4-2-3-5-14(12)18(23)19(24)15(13)10-11/h2-7,10H,8-9H2,1H3,(H,21,22). The van der Waals surface area contributed by atoms with Gasteiger partial charge in [0, 0.05) is 17.5 Å². The molecular weight excluding hydrogens is 322 g/mol. The monoisotopic (exact) mass is 337 g/mol. The molecule has 0 unspecified atom stereocenters. The predicted molar refractivity (Wildman–Crippen MR) is 91.5 cm³/mol. The summed E-state index contributed by atoms with van der Waals surface area (Å²) < 4.78 is 5.09. The lowest BCUT2D eigenvalue weighted by molar-refractivity contribution is -0.136. The number of ketones is 2. The molecule has 1 N–H and O–H groups in total. The van der Waals surface area contributed by atoms with E-state index in [9.17, 15) is 14.4 Å². The maximum Gasteiger partial charge on any atom is 0.303 e. The Labute approximate surface area is 143 Å². The molecule has 0 saturated carbocycles. The number of methoxy groups -OCH3 is 1. The molecule has 0 saturated heterocycles. The van der Waals surface area contributed by atoms with E-state index in [1.165, 1.54) is 13.2 Å². The number of carbonyl (C=O) groups excluding carboxylic acids is 2. The highest BCUT2D eigenvalue weighted by molar-refractivity contribution is 6.53. The fourth-order valence-corrected chi connectivity index (χ4v) is 2.75. The zero-order chi connectivity index (χ0) is 18.0. The molecule has 0 bridgehead atoms. The summed E-state index contributed by atoms with van der Waals surface area (Å²) in [7, 11) is 1.41. The first kappa shape index (κ1) is 16.6. The summed E-state index contributed by atoms with van der Waals surface area (Å²) >= 11 is 0. The lowest BCUT2D eigenvalue weighted by atomic mass is 9.84. The second kappa shape index (κ2) is 6.68. The maximum absolute atomic E-state index is 12.4. The summed E-state index contributed by atoms with van der Waals surface area (Å²) in [6.45, 7) is 0. The van der Waals surface area contributed by atoms with Crippen LogP contribution in [0.25, 0.3) is 11.1 Å². The minimum atomic E-state index is -0.951. The second-order valence-corrected chi connectivity index (χ2v) is 5.54. The normalized spacial score (nSPS) is 13.2. The van der Waals surface area contributed by atoms with Crippen LogP contribution in [0.3, 0.4) is 0 Å². The van der Waals surface area contributed by atoms with Crippen LogP contribution in [0.5, 0.6) is 0 Å². The zero-order valence-electron chi connectivity index (χ0n) is 13.5. The molecule has 25 heavy (non-hydrogen) atoms. The molecular formula is C19H15NO5. The maximum atomic E-state index is 12.4. The van der Waals surface area contributed by atoms with Crippen LogP contribution in [-0.4, -0.2) is 35.6 Å². The van der Waals surface area contributed by atoms with Gasteiger partial charge in [-0.1, -0.05) is 30.3 Å². The molecule has 0 radical (unpaired) electrons. The number of rotatable bonds is 4. The number of carboxylic acid groups (broad SMARTS) is 1. The third kappa shape index (κ3) is 3.19. The second-order valence-electron chi connectivity index (χ2n) is 5.54. The topological polar surface area (TPSA) is 93.0 Å². The number of nitrogens with zero attached hydrogens (tertiary/aromatic N) is 1. The summed E-state index contributed by atoms with van der Waals surface area (Å²) in [6, 6.07) is 12.0. The Morgan fingerprint density at radius 3 is 2.28 bits per heavy atom. The molecule has 0 atom stereocenters. The lowest BCUT2D eigenvalue weighted by Gasteiger charge is -2.18. The van der Waals surface area contributed by atoms with Crippen molar-refractivity contribution in [1.29, 1.82) is 0 Å². The first-order chi connectivity index (χ1) is 12.0. The SMILES string of the molecule is COC(CCC(=O)O)=Nc1ccc2c(c1)C(=O)C(=O)c1ccccc1-2. The molecule has 0 heterocycles. The molecule has 126 valence electrons. The summed E-state index contributed by atoms with van der Waals surface area (Å²) in [5.41, 5.74) is 2.52. The van der Waals surface area contributed by atoms with Gasteiger partial charge in [0.2, 0.25) is 11.6 Å². The van der Waals surface area contributed by atoms with Crippen molar-refractivity contribution in [1.82, 2.24) is 0 Å². The summed E-state index contributed by atoms with van der Waals surface area (Å²) in [6.07, 6.45) is 0.0288. The van der Waals surface area contributed by atoms with Gasteiger partial charge in [0.05, 0.1) is 19.2 Å². The summed E-state index contributed by atoms with van der Waals surface area (Å²) in [4.78, 5) is 39.6. The van der Waals surface area contributed by atoms with Crippen LogP contribution in [0.2, 0.25) is 0 Å². The fraction of sp³-hybridized carbons (Fsp3) is 0.158. The average Bonchev–Trinajstić information content (AvgIpc) is 2.63. The molecule has 3 rings (SSSR count). The van der Waals surface area contributed by atoms with Gasteiger partial charge in [-0.3, -0.25) is 14.4 Å². The molecule has 0 aromatic heterocycles. The molecule has 6 heteroatoms. The minimum absolute atomic E-state index is 0.109. The number of hydrogen-bond acceptors (Lipinski definition) is 5. The highest BCUT2D eigenvalue weighted by atomic mass is 16.5. The van der Waals surface area contributed by atoms with Crippen LogP contribution in [0, 0.1) is 0 Å². The van der Waals surface area contributed by atoms with Gasteiger partial charge in [0.1, 0.15) is 0 Å². The number of benzene rings is 2. The molecule has 0 aliphatic heterocycles. The number of carbonyl (C=O) groups is 3. The molecule has 6 nitrogen and oxygen atoms in total. The van der Waals surface area contributed by atoms with E-state index in [2.05, 4.69) is 4.99 Å². The van der Waals surface area contributed by atoms with Crippen molar-refractivity contribution in [2.75, 3.05) is 7.11 Å². The van der Waals surface area contributed by atoms with Gasteiger partial charge in [-0.05, 0) is 23.3 Å². The number of hydrogen-bond donors (Lipinski definition) is 1. The van der Waals surface area contributed by atoms with Crippen molar-refractivity contribution < 1.29 is 24.2 Å². The Morgan fingerprint density at radius 2 is 1.60 bits per heavy atom. The smallest absolute Gasteiger partial charge is 0.303 e. The van der Waals surface area contributed by atoms with Crippen LogP contribution in [-0.2, 0) is 9.53 Å². The number of aliphatic carboxylic acids is 1. The van der Waals surface area contributed by atoms with E-state index in [1.807, 2.05) is 6.07 Å². The number of carboxylic acids is 1. The van der Waals surface area contributed by atoms with Gasteiger partial charge >= 0.3 is 5.97 Å². The quantitative estimate of drug-likeness (QED) is 0.525. The van der Waals surface area contributed by atoms with E-state index in [1.54, 1.807) is 30.3 Å². The number of fused-ring (bicyclic) bond motifs is 3.